The van der Waals surface area contributed by atoms with Crippen LogP contribution in [0.1, 0.15) is 67.3 Å². The molecular weight excluding hydrogens is 432 g/mol. The summed E-state index contributed by atoms with van der Waals surface area (Å²) in [5.41, 5.74) is 6.62. The van der Waals surface area contributed by atoms with Crippen LogP contribution in [-0.4, -0.2) is 22.8 Å². The van der Waals surface area contributed by atoms with E-state index in [-0.39, 0.29) is 11.7 Å². The molecule has 170 valence electrons. The molecule has 5 heteroatoms. The van der Waals surface area contributed by atoms with Crippen LogP contribution in [-0.2, 0) is 11.2 Å². The number of aliphatic imine (C=N–C) groups is 1. The number of amides is 1. The number of phenols is 1. The van der Waals surface area contributed by atoms with Gasteiger partial charge in [-0.05, 0) is 71.0 Å². The maximum Gasteiger partial charge on any atom is 0.249 e. The van der Waals surface area contributed by atoms with E-state index in [2.05, 4.69) is 51.2 Å². The number of benzodiazepines with no additional fused rings is 1. The van der Waals surface area contributed by atoms with Gasteiger partial charge in [0.15, 0.2) is 0 Å². The number of halogens is 1. The topological polar surface area (TPSA) is 61.7 Å². The zero-order chi connectivity index (χ0) is 23.7. The van der Waals surface area contributed by atoms with E-state index in [9.17, 15) is 9.90 Å². The highest BCUT2D eigenvalue weighted by Gasteiger charge is 2.27. The third-order valence-electron chi connectivity index (χ3n) is 6.09. The monoisotopic (exact) mass is 460 g/mol. The molecule has 2 N–H and O–H groups in total. The normalized spacial score (nSPS) is 15.8. The smallest absolute Gasteiger partial charge is 0.249 e. The van der Waals surface area contributed by atoms with Gasteiger partial charge in [-0.15, -0.1) is 0 Å². The van der Waals surface area contributed by atoms with Gasteiger partial charge in [0.1, 0.15) is 11.8 Å². The molecule has 33 heavy (non-hydrogen) atoms. The molecule has 0 fully saturated rings. The molecule has 1 atom stereocenters. The molecule has 0 aliphatic carbocycles. The highest BCUT2D eigenvalue weighted by Crippen LogP contribution is 2.30. The van der Waals surface area contributed by atoms with Crippen molar-refractivity contribution in [3.05, 3.63) is 93.5 Å². The van der Waals surface area contributed by atoms with Gasteiger partial charge in [0.2, 0.25) is 5.91 Å². The first-order chi connectivity index (χ1) is 15.7. The van der Waals surface area contributed by atoms with E-state index in [0.717, 1.165) is 16.7 Å². The number of hydrogen-bond donors (Lipinski definition) is 2. The number of aromatic hydroxyl groups is 1. The molecule has 0 saturated carbocycles. The molecule has 4 rings (SSSR count). The summed E-state index contributed by atoms with van der Waals surface area (Å²) in [5.74, 6) is 0.812. The maximum atomic E-state index is 13.3. The number of carbonyl (C=O) groups is 1. The van der Waals surface area contributed by atoms with Gasteiger partial charge in [-0.3, -0.25) is 9.79 Å². The SMILES string of the molecule is CC(C)c1ccc(CC2N=C(c3ccc(O)cc3)c3cc(Cl)ccc3NC2=O)c(C(C)C)c1. The van der Waals surface area contributed by atoms with Gasteiger partial charge in [-0.1, -0.05) is 57.5 Å². The van der Waals surface area contributed by atoms with Gasteiger partial charge in [0.25, 0.3) is 0 Å². The average Bonchev–Trinajstić information content (AvgIpc) is 2.91. The van der Waals surface area contributed by atoms with Crippen molar-refractivity contribution in [1.29, 1.82) is 0 Å². The first-order valence-corrected chi connectivity index (χ1v) is 11.7. The molecule has 1 amide bonds. The second-order valence-electron chi connectivity index (χ2n) is 9.19. The number of rotatable bonds is 5. The fourth-order valence-electron chi connectivity index (χ4n) is 4.21. The predicted octanol–water partition coefficient (Wildman–Crippen LogP) is 6.69. The van der Waals surface area contributed by atoms with Crippen molar-refractivity contribution in [3.8, 4) is 5.75 Å². The largest absolute Gasteiger partial charge is 0.508 e. The second kappa shape index (κ2) is 9.40. The van der Waals surface area contributed by atoms with Crippen molar-refractivity contribution in [3.63, 3.8) is 0 Å². The Hall–Kier alpha value is -3.11. The number of nitrogens with one attached hydrogen (secondary N) is 1. The minimum absolute atomic E-state index is 0.144. The van der Waals surface area contributed by atoms with E-state index < -0.39 is 6.04 Å². The maximum absolute atomic E-state index is 13.3. The summed E-state index contributed by atoms with van der Waals surface area (Å²) >= 11 is 6.30. The Morgan fingerprint density at radius 1 is 0.970 bits per heavy atom. The summed E-state index contributed by atoms with van der Waals surface area (Å²) < 4.78 is 0. The van der Waals surface area contributed by atoms with Gasteiger partial charge in [-0.2, -0.15) is 0 Å². The van der Waals surface area contributed by atoms with Crippen molar-refractivity contribution < 1.29 is 9.90 Å². The lowest BCUT2D eigenvalue weighted by Crippen LogP contribution is -2.28. The first kappa shape index (κ1) is 23.1. The lowest BCUT2D eigenvalue weighted by atomic mass is 9.89. The highest BCUT2D eigenvalue weighted by atomic mass is 35.5. The fraction of sp³-hybridized carbons (Fsp3) is 0.286. The van der Waals surface area contributed by atoms with Crippen LogP contribution >= 0.6 is 11.6 Å². The van der Waals surface area contributed by atoms with E-state index in [4.69, 9.17) is 16.6 Å². The Bertz CT molecular complexity index is 1210. The molecule has 3 aromatic rings. The molecule has 4 nitrogen and oxygen atoms in total. The molecule has 0 aromatic heterocycles. The average molecular weight is 461 g/mol. The Morgan fingerprint density at radius 2 is 1.70 bits per heavy atom. The summed E-state index contributed by atoms with van der Waals surface area (Å²) in [6.45, 7) is 8.74. The standard InChI is InChI=1S/C28H29ClN2O2/c1-16(2)19-5-6-20(23(13-19)17(3)4)14-26-28(33)31-25-12-9-21(29)15-24(25)27(30-26)18-7-10-22(32)11-8-18/h5-13,15-17,26,32H,14H2,1-4H3,(H,31,33). The molecular formula is C28H29ClN2O2. The molecule has 1 aliphatic rings. The number of carbonyl (C=O) groups excluding carboxylic acids is 1. The molecule has 1 aliphatic heterocycles. The number of anilines is 1. The van der Waals surface area contributed by atoms with Gasteiger partial charge < -0.3 is 10.4 Å². The van der Waals surface area contributed by atoms with Gasteiger partial charge in [0.05, 0.1) is 11.4 Å². The molecule has 0 radical (unpaired) electrons. The van der Waals surface area contributed by atoms with E-state index >= 15 is 0 Å². The minimum atomic E-state index is -0.595. The van der Waals surface area contributed by atoms with Crippen molar-refractivity contribution >= 4 is 28.9 Å². The Morgan fingerprint density at radius 3 is 2.36 bits per heavy atom. The van der Waals surface area contributed by atoms with Crippen molar-refractivity contribution in [2.75, 3.05) is 5.32 Å². The van der Waals surface area contributed by atoms with Crippen molar-refractivity contribution in [2.45, 2.75) is 52.0 Å². The van der Waals surface area contributed by atoms with Crippen LogP contribution in [0, 0.1) is 0 Å². The summed E-state index contributed by atoms with van der Waals surface area (Å²) in [4.78, 5) is 18.2. The van der Waals surface area contributed by atoms with Crippen LogP contribution in [0.15, 0.2) is 65.7 Å². The molecule has 1 unspecified atom stereocenters. The number of nitrogens with zero attached hydrogens (tertiary/aromatic N) is 1. The van der Waals surface area contributed by atoms with Crippen molar-refractivity contribution in [1.82, 2.24) is 0 Å². The molecule has 0 bridgehead atoms. The van der Waals surface area contributed by atoms with Crippen LogP contribution in [0.2, 0.25) is 5.02 Å². The summed E-state index contributed by atoms with van der Waals surface area (Å²) in [5, 5.41) is 13.4. The van der Waals surface area contributed by atoms with Gasteiger partial charge in [0, 0.05) is 22.6 Å². The van der Waals surface area contributed by atoms with Crippen LogP contribution in [0.3, 0.4) is 0 Å². The van der Waals surface area contributed by atoms with E-state index in [1.165, 1.54) is 11.1 Å². The zero-order valence-electron chi connectivity index (χ0n) is 19.4. The number of hydrogen-bond acceptors (Lipinski definition) is 3. The highest BCUT2D eigenvalue weighted by molar-refractivity contribution is 6.32. The summed E-state index contributed by atoms with van der Waals surface area (Å²) in [6.07, 6.45) is 0.501. The zero-order valence-corrected chi connectivity index (χ0v) is 20.1. The summed E-state index contributed by atoms with van der Waals surface area (Å²) in [6, 6.07) is 18.2. The lowest BCUT2D eigenvalue weighted by Gasteiger charge is -2.19. The number of fused-ring (bicyclic) bond motifs is 1. The van der Waals surface area contributed by atoms with Crippen molar-refractivity contribution in [2.24, 2.45) is 4.99 Å². The van der Waals surface area contributed by atoms with E-state index in [1.807, 2.05) is 24.3 Å². The van der Waals surface area contributed by atoms with Crippen LogP contribution in [0.4, 0.5) is 5.69 Å². The minimum Gasteiger partial charge on any atom is -0.508 e. The first-order valence-electron chi connectivity index (χ1n) is 11.3. The summed E-state index contributed by atoms with van der Waals surface area (Å²) in [7, 11) is 0. The molecule has 0 spiro atoms. The van der Waals surface area contributed by atoms with Gasteiger partial charge in [-0.25, -0.2) is 0 Å². The third kappa shape index (κ3) is 4.96. The quantitative estimate of drug-likeness (QED) is 0.445. The number of benzene rings is 3. The van der Waals surface area contributed by atoms with Gasteiger partial charge >= 0.3 is 0 Å². The second-order valence-corrected chi connectivity index (χ2v) is 9.63. The Balaban J connectivity index is 1.81. The van der Waals surface area contributed by atoms with Crippen LogP contribution in [0.25, 0.3) is 0 Å². The Labute approximate surface area is 200 Å². The van der Waals surface area contributed by atoms with Crippen LogP contribution in [0.5, 0.6) is 5.75 Å². The third-order valence-corrected chi connectivity index (χ3v) is 6.33. The number of phenolic OH excluding ortho intramolecular Hbond substituents is 1. The van der Waals surface area contributed by atoms with E-state index in [0.29, 0.717) is 34.7 Å². The Kier molecular flexibility index (Phi) is 6.57. The fourth-order valence-corrected chi connectivity index (χ4v) is 4.39. The predicted molar refractivity (Wildman–Crippen MR) is 136 cm³/mol. The molecule has 3 aromatic carbocycles. The lowest BCUT2D eigenvalue weighted by molar-refractivity contribution is -0.117. The van der Waals surface area contributed by atoms with E-state index in [1.54, 1.807) is 18.2 Å². The van der Waals surface area contributed by atoms with Crippen LogP contribution < -0.4 is 5.32 Å². The molecule has 0 saturated heterocycles. The molecule has 1 heterocycles.